The maximum Gasteiger partial charge on any atom is 0.323 e. The molecule has 2 atom stereocenters. The van der Waals surface area contributed by atoms with Crippen molar-refractivity contribution in [1.29, 1.82) is 0 Å². The molecule has 0 aromatic carbocycles. The van der Waals surface area contributed by atoms with Gasteiger partial charge in [-0.2, -0.15) is 0 Å². The SMILES string of the molecule is CCCCC/C=C\C/C=C\C/C=C\C/C=C\CCCCN[C@H](C(=O)O)[C@@H](C)O. The monoisotopic (exact) mass is 391 g/mol. The number of hydrogen-bond donors (Lipinski definition) is 3. The Morgan fingerprint density at radius 3 is 1.71 bits per heavy atom. The van der Waals surface area contributed by atoms with E-state index in [9.17, 15) is 9.90 Å². The number of rotatable bonds is 18. The van der Waals surface area contributed by atoms with Gasteiger partial charge in [-0.1, -0.05) is 68.4 Å². The number of hydrogen-bond acceptors (Lipinski definition) is 3. The molecule has 0 unspecified atom stereocenters. The van der Waals surface area contributed by atoms with Gasteiger partial charge in [0.25, 0.3) is 0 Å². The van der Waals surface area contributed by atoms with E-state index in [-0.39, 0.29) is 0 Å². The molecule has 0 aromatic heterocycles. The van der Waals surface area contributed by atoms with Gasteiger partial charge in [-0.25, -0.2) is 0 Å². The summed E-state index contributed by atoms with van der Waals surface area (Å²) in [6, 6.07) is -0.878. The summed E-state index contributed by atoms with van der Waals surface area (Å²) in [6.07, 6.45) is 27.8. The Labute approximate surface area is 172 Å². The molecule has 0 aliphatic rings. The van der Waals surface area contributed by atoms with Crippen LogP contribution in [0.25, 0.3) is 0 Å². The van der Waals surface area contributed by atoms with Crippen molar-refractivity contribution in [1.82, 2.24) is 5.32 Å². The van der Waals surface area contributed by atoms with Gasteiger partial charge in [0.1, 0.15) is 6.04 Å². The fourth-order valence-electron chi connectivity index (χ4n) is 2.67. The van der Waals surface area contributed by atoms with E-state index >= 15 is 0 Å². The summed E-state index contributed by atoms with van der Waals surface area (Å²) in [5, 5.41) is 21.2. The van der Waals surface area contributed by atoms with Crippen molar-refractivity contribution in [2.24, 2.45) is 0 Å². The third-order valence-electron chi connectivity index (χ3n) is 4.37. The van der Waals surface area contributed by atoms with Crippen LogP contribution < -0.4 is 5.32 Å². The largest absolute Gasteiger partial charge is 0.480 e. The lowest BCUT2D eigenvalue weighted by atomic mass is 10.1. The van der Waals surface area contributed by atoms with Crippen molar-refractivity contribution in [2.45, 2.75) is 90.2 Å². The maximum absolute atomic E-state index is 10.9. The first-order chi connectivity index (χ1) is 13.6. The maximum atomic E-state index is 10.9. The summed E-state index contributed by atoms with van der Waals surface area (Å²) in [7, 11) is 0. The lowest BCUT2D eigenvalue weighted by Gasteiger charge is -2.16. The Morgan fingerprint density at radius 2 is 1.29 bits per heavy atom. The highest BCUT2D eigenvalue weighted by Gasteiger charge is 2.21. The van der Waals surface area contributed by atoms with Gasteiger partial charge in [0, 0.05) is 0 Å². The molecule has 160 valence electrons. The molecule has 0 spiro atoms. The van der Waals surface area contributed by atoms with Gasteiger partial charge in [0.2, 0.25) is 0 Å². The van der Waals surface area contributed by atoms with Crippen LogP contribution in [0.4, 0.5) is 0 Å². The van der Waals surface area contributed by atoms with Crippen LogP contribution in [-0.2, 0) is 4.79 Å². The Hall–Kier alpha value is -1.65. The second kappa shape index (κ2) is 20.1. The second-order valence-corrected chi connectivity index (χ2v) is 7.09. The first-order valence-electron chi connectivity index (χ1n) is 10.8. The molecule has 0 aliphatic heterocycles. The van der Waals surface area contributed by atoms with Crippen molar-refractivity contribution in [3.63, 3.8) is 0 Å². The smallest absolute Gasteiger partial charge is 0.323 e. The Balaban J connectivity index is 3.54. The van der Waals surface area contributed by atoms with Crippen LogP contribution in [0.3, 0.4) is 0 Å². The summed E-state index contributed by atoms with van der Waals surface area (Å²) in [5.41, 5.74) is 0. The fraction of sp³-hybridized carbons (Fsp3) is 0.625. The van der Waals surface area contributed by atoms with Crippen LogP contribution in [0.5, 0.6) is 0 Å². The van der Waals surface area contributed by atoms with E-state index in [1.165, 1.54) is 32.6 Å². The third-order valence-corrected chi connectivity index (χ3v) is 4.37. The van der Waals surface area contributed by atoms with E-state index < -0.39 is 18.1 Å². The highest BCUT2D eigenvalue weighted by Crippen LogP contribution is 2.01. The van der Waals surface area contributed by atoms with E-state index in [4.69, 9.17) is 5.11 Å². The Kier molecular flexibility index (Phi) is 18.9. The molecule has 4 nitrogen and oxygen atoms in total. The molecule has 3 N–H and O–H groups in total. The Morgan fingerprint density at radius 1 is 0.821 bits per heavy atom. The summed E-state index contributed by atoms with van der Waals surface area (Å²) in [5.74, 6) is -1.00. The topological polar surface area (TPSA) is 69.6 Å². The molecule has 28 heavy (non-hydrogen) atoms. The first-order valence-corrected chi connectivity index (χ1v) is 10.8. The summed E-state index contributed by atoms with van der Waals surface area (Å²) in [4.78, 5) is 10.9. The van der Waals surface area contributed by atoms with Crippen molar-refractivity contribution >= 4 is 5.97 Å². The average Bonchev–Trinajstić information content (AvgIpc) is 2.65. The molecule has 0 bridgehead atoms. The molecule has 0 amide bonds. The van der Waals surface area contributed by atoms with Crippen LogP contribution in [-0.4, -0.2) is 34.9 Å². The quantitative estimate of drug-likeness (QED) is 0.211. The van der Waals surface area contributed by atoms with Gasteiger partial charge in [-0.3, -0.25) is 4.79 Å². The van der Waals surface area contributed by atoms with Gasteiger partial charge in [0.15, 0.2) is 0 Å². The van der Waals surface area contributed by atoms with Crippen LogP contribution >= 0.6 is 0 Å². The minimum absolute atomic E-state index is 0.607. The minimum atomic E-state index is -1.00. The van der Waals surface area contributed by atoms with E-state index in [1.54, 1.807) is 0 Å². The molecule has 0 saturated carbocycles. The minimum Gasteiger partial charge on any atom is -0.480 e. The van der Waals surface area contributed by atoms with E-state index in [0.29, 0.717) is 6.54 Å². The molecular weight excluding hydrogens is 350 g/mol. The number of carbonyl (C=O) groups is 1. The summed E-state index contributed by atoms with van der Waals surface area (Å²) >= 11 is 0. The molecule has 0 aliphatic carbocycles. The van der Waals surface area contributed by atoms with Crippen molar-refractivity contribution in [3.05, 3.63) is 48.6 Å². The van der Waals surface area contributed by atoms with Gasteiger partial charge in [-0.05, 0) is 64.8 Å². The summed E-state index contributed by atoms with van der Waals surface area (Å²) < 4.78 is 0. The zero-order valence-electron chi connectivity index (χ0n) is 17.9. The fourth-order valence-corrected chi connectivity index (χ4v) is 2.67. The van der Waals surface area contributed by atoms with Crippen molar-refractivity contribution in [3.8, 4) is 0 Å². The van der Waals surface area contributed by atoms with Crippen LogP contribution in [0.15, 0.2) is 48.6 Å². The molecule has 0 heterocycles. The van der Waals surface area contributed by atoms with Gasteiger partial charge < -0.3 is 15.5 Å². The van der Waals surface area contributed by atoms with Crippen molar-refractivity contribution in [2.75, 3.05) is 6.54 Å². The number of allylic oxidation sites excluding steroid dienone is 8. The molecule has 0 fully saturated rings. The predicted octanol–water partition coefficient (Wildman–Crippen LogP) is 5.56. The molecule has 0 aromatic rings. The zero-order chi connectivity index (χ0) is 20.9. The number of carboxylic acids is 1. The number of unbranched alkanes of at least 4 members (excludes halogenated alkanes) is 5. The normalized spacial score (nSPS) is 14.7. The molecule has 0 radical (unpaired) electrons. The standard InChI is InChI=1S/C24H41NO3/c1-3-4-5-6-7-8-9-10-11-12-13-14-15-16-17-18-19-20-21-25-23(22(2)26)24(27)28/h7-8,10-11,13-14,16-17,22-23,25-26H,3-6,9,12,15,18-21H2,1-2H3,(H,27,28)/b8-7-,11-10-,14-13-,17-16-/t22-,23+/m1/s1. The number of nitrogens with one attached hydrogen (secondary N) is 1. The van der Waals surface area contributed by atoms with Crippen LogP contribution in [0, 0.1) is 0 Å². The first kappa shape index (κ1) is 26.4. The number of aliphatic hydroxyl groups is 1. The van der Waals surface area contributed by atoms with E-state index in [1.807, 2.05) is 0 Å². The van der Waals surface area contributed by atoms with Crippen LogP contribution in [0.2, 0.25) is 0 Å². The molecule has 4 heteroatoms. The number of aliphatic hydroxyl groups excluding tert-OH is 1. The summed E-state index contributed by atoms with van der Waals surface area (Å²) in [6.45, 7) is 4.33. The molecule has 0 rings (SSSR count). The highest BCUT2D eigenvalue weighted by molar-refractivity contribution is 5.74. The number of carboxylic acid groups (broad SMARTS) is 1. The lowest BCUT2D eigenvalue weighted by molar-refractivity contribution is -0.142. The third kappa shape index (κ3) is 17.7. The zero-order valence-corrected chi connectivity index (χ0v) is 17.9. The van der Waals surface area contributed by atoms with Crippen LogP contribution in [0.1, 0.15) is 78.1 Å². The van der Waals surface area contributed by atoms with Crippen molar-refractivity contribution < 1.29 is 15.0 Å². The Bertz CT molecular complexity index is 478. The molecular formula is C24H41NO3. The number of aliphatic carboxylic acids is 1. The predicted molar refractivity (Wildman–Crippen MR) is 120 cm³/mol. The van der Waals surface area contributed by atoms with Gasteiger partial charge in [0.05, 0.1) is 6.10 Å². The van der Waals surface area contributed by atoms with Gasteiger partial charge in [-0.15, -0.1) is 0 Å². The molecule has 0 saturated heterocycles. The average molecular weight is 392 g/mol. The van der Waals surface area contributed by atoms with Gasteiger partial charge >= 0.3 is 5.97 Å². The second-order valence-electron chi connectivity index (χ2n) is 7.09. The van der Waals surface area contributed by atoms with E-state index in [0.717, 1.165) is 38.5 Å². The lowest BCUT2D eigenvalue weighted by Crippen LogP contribution is -2.45. The highest BCUT2D eigenvalue weighted by atomic mass is 16.4. The van der Waals surface area contributed by atoms with E-state index in [2.05, 4.69) is 60.8 Å².